The Morgan fingerprint density at radius 3 is 2.75 bits per heavy atom. The Labute approximate surface area is 73.1 Å². The minimum atomic E-state index is -0.253. The molecule has 12 heavy (non-hydrogen) atoms. The lowest BCUT2D eigenvalue weighted by atomic mass is 10.1. The molecule has 1 aliphatic heterocycles. The molecule has 1 fully saturated rings. The normalized spacial score (nSPS) is 29.6. The third-order valence-corrected chi connectivity index (χ3v) is 2.45. The van der Waals surface area contributed by atoms with E-state index in [0.717, 1.165) is 13.1 Å². The molecule has 0 bridgehead atoms. The second-order valence-corrected chi connectivity index (χ2v) is 3.58. The summed E-state index contributed by atoms with van der Waals surface area (Å²) in [6.45, 7) is 4.54. The van der Waals surface area contributed by atoms with Crippen LogP contribution in [0.1, 0.15) is 6.92 Å². The van der Waals surface area contributed by atoms with Gasteiger partial charge in [-0.05, 0) is 19.5 Å². The van der Waals surface area contributed by atoms with Gasteiger partial charge >= 0.3 is 0 Å². The molecule has 0 radical (unpaired) electrons. The summed E-state index contributed by atoms with van der Waals surface area (Å²) in [5, 5.41) is 3.28. The molecule has 70 valence electrons. The van der Waals surface area contributed by atoms with Gasteiger partial charge in [-0.2, -0.15) is 0 Å². The second kappa shape index (κ2) is 3.87. The smallest absolute Gasteiger partial charge is 0.231 e. The van der Waals surface area contributed by atoms with Crippen LogP contribution in [-0.2, 0) is 4.79 Å². The van der Waals surface area contributed by atoms with Crippen LogP contribution in [0.4, 0.5) is 0 Å². The van der Waals surface area contributed by atoms with Gasteiger partial charge in [-0.15, -0.1) is 0 Å². The molecule has 0 aliphatic carbocycles. The summed E-state index contributed by atoms with van der Waals surface area (Å²) in [5.74, 6) is 0.353. The molecule has 2 unspecified atom stereocenters. The summed E-state index contributed by atoms with van der Waals surface area (Å²) in [5.41, 5.74) is 5.11. The molecule has 0 aromatic rings. The molecule has 1 aliphatic rings. The average molecular weight is 171 g/mol. The first-order chi connectivity index (χ1) is 5.61. The minimum absolute atomic E-state index is 0.253. The van der Waals surface area contributed by atoms with Crippen molar-refractivity contribution in [2.75, 3.05) is 26.7 Å². The number of hydrogen-bond acceptors (Lipinski definition) is 3. The number of nitrogens with two attached hydrogens (primary N) is 1. The van der Waals surface area contributed by atoms with Gasteiger partial charge in [0.05, 0.1) is 6.54 Å². The number of likely N-dealkylation sites (N-methyl/N-ethyl adjacent to an activating group) is 1. The highest BCUT2D eigenvalue weighted by Gasteiger charge is 2.26. The number of nitrogens with one attached hydrogen (secondary N) is 1. The lowest BCUT2D eigenvalue weighted by molar-refractivity contribution is -0.119. The van der Waals surface area contributed by atoms with Crippen molar-refractivity contribution in [3.05, 3.63) is 0 Å². The van der Waals surface area contributed by atoms with Crippen molar-refractivity contribution in [3.63, 3.8) is 0 Å². The highest BCUT2D eigenvalue weighted by Crippen LogP contribution is 2.12. The molecular weight excluding hydrogens is 154 g/mol. The number of hydrogen-bond donors (Lipinski definition) is 2. The van der Waals surface area contributed by atoms with Crippen LogP contribution >= 0.6 is 0 Å². The minimum Gasteiger partial charge on any atom is -0.369 e. The SMILES string of the molecule is CC1CNCC1N(C)CC(N)=O. The number of rotatable bonds is 3. The zero-order chi connectivity index (χ0) is 9.14. The Morgan fingerprint density at radius 2 is 2.33 bits per heavy atom. The summed E-state index contributed by atoms with van der Waals surface area (Å²) in [6.07, 6.45) is 0. The molecule has 0 aromatic heterocycles. The van der Waals surface area contributed by atoms with Gasteiger partial charge in [-0.3, -0.25) is 9.69 Å². The Bertz CT molecular complexity index is 172. The third-order valence-electron chi connectivity index (χ3n) is 2.45. The van der Waals surface area contributed by atoms with Crippen LogP contribution in [0.15, 0.2) is 0 Å². The Morgan fingerprint density at radius 1 is 1.67 bits per heavy atom. The van der Waals surface area contributed by atoms with Gasteiger partial charge in [0.1, 0.15) is 0 Å². The van der Waals surface area contributed by atoms with Gasteiger partial charge in [-0.25, -0.2) is 0 Å². The maximum absolute atomic E-state index is 10.6. The molecule has 3 N–H and O–H groups in total. The number of primary amides is 1. The summed E-state index contributed by atoms with van der Waals surface area (Å²) in [4.78, 5) is 12.7. The topological polar surface area (TPSA) is 58.4 Å². The average Bonchev–Trinajstić information content (AvgIpc) is 2.33. The number of carbonyl (C=O) groups is 1. The van der Waals surface area contributed by atoms with Crippen LogP contribution < -0.4 is 11.1 Å². The maximum atomic E-state index is 10.6. The van der Waals surface area contributed by atoms with Crippen molar-refractivity contribution in [2.45, 2.75) is 13.0 Å². The monoisotopic (exact) mass is 171 g/mol. The van der Waals surface area contributed by atoms with E-state index < -0.39 is 0 Å². The van der Waals surface area contributed by atoms with Crippen LogP contribution in [0, 0.1) is 5.92 Å². The molecule has 1 saturated heterocycles. The Hall–Kier alpha value is -0.610. The highest BCUT2D eigenvalue weighted by atomic mass is 16.1. The summed E-state index contributed by atoms with van der Waals surface area (Å²) in [7, 11) is 1.94. The fourth-order valence-corrected chi connectivity index (χ4v) is 1.75. The molecule has 2 atom stereocenters. The van der Waals surface area contributed by atoms with E-state index in [1.165, 1.54) is 0 Å². The Balaban J connectivity index is 2.40. The van der Waals surface area contributed by atoms with E-state index >= 15 is 0 Å². The van der Waals surface area contributed by atoms with Gasteiger partial charge in [0.15, 0.2) is 0 Å². The van der Waals surface area contributed by atoms with E-state index in [1.807, 2.05) is 11.9 Å². The maximum Gasteiger partial charge on any atom is 0.231 e. The first-order valence-electron chi connectivity index (χ1n) is 4.30. The second-order valence-electron chi connectivity index (χ2n) is 3.58. The summed E-state index contributed by atoms with van der Waals surface area (Å²) < 4.78 is 0. The van der Waals surface area contributed by atoms with Crippen molar-refractivity contribution >= 4 is 5.91 Å². The molecule has 0 saturated carbocycles. The van der Waals surface area contributed by atoms with E-state index in [1.54, 1.807) is 0 Å². The van der Waals surface area contributed by atoms with Crippen molar-refractivity contribution in [1.29, 1.82) is 0 Å². The van der Waals surface area contributed by atoms with E-state index in [-0.39, 0.29) is 5.91 Å². The number of nitrogens with zero attached hydrogens (tertiary/aromatic N) is 1. The quantitative estimate of drug-likeness (QED) is 0.573. The molecule has 0 aromatic carbocycles. The summed E-state index contributed by atoms with van der Waals surface area (Å²) in [6, 6.07) is 0.456. The first-order valence-corrected chi connectivity index (χ1v) is 4.30. The molecule has 0 spiro atoms. The van der Waals surface area contributed by atoms with E-state index in [4.69, 9.17) is 5.73 Å². The van der Waals surface area contributed by atoms with Gasteiger partial charge in [0.2, 0.25) is 5.91 Å². The molecular formula is C8H17N3O. The van der Waals surface area contributed by atoms with E-state index in [0.29, 0.717) is 18.5 Å². The molecule has 4 nitrogen and oxygen atoms in total. The largest absolute Gasteiger partial charge is 0.369 e. The van der Waals surface area contributed by atoms with Crippen molar-refractivity contribution in [2.24, 2.45) is 11.7 Å². The third kappa shape index (κ3) is 2.19. The lowest BCUT2D eigenvalue weighted by Crippen LogP contribution is -2.42. The summed E-state index contributed by atoms with van der Waals surface area (Å²) >= 11 is 0. The van der Waals surface area contributed by atoms with Crippen molar-refractivity contribution in [3.8, 4) is 0 Å². The lowest BCUT2D eigenvalue weighted by Gasteiger charge is -2.25. The predicted molar refractivity (Wildman–Crippen MR) is 47.6 cm³/mol. The van der Waals surface area contributed by atoms with E-state index in [9.17, 15) is 4.79 Å². The predicted octanol–water partition coefficient (Wildman–Crippen LogP) is -0.989. The van der Waals surface area contributed by atoms with Crippen molar-refractivity contribution < 1.29 is 4.79 Å². The van der Waals surface area contributed by atoms with Crippen LogP contribution in [0.3, 0.4) is 0 Å². The fraction of sp³-hybridized carbons (Fsp3) is 0.875. The van der Waals surface area contributed by atoms with Crippen LogP contribution in [-0.4, -0.2) is 43.5 Å². The van der Waals surface area contributed by atoms with Gasteiger partial charge in [0.25, 0.3) is 0 Å². The fourth-order valence-electron chi connectivity index (χ4n) is 1.75. The standard InChI is InChI=1S/C8H17N3O/c1-6-3-10-4-7(6)11(2)5-8(9)12/h6-7,10H,3-5H2,1-2H3,(H2,9,12). The van der Waals surface area contributed by atoms with E-state index in [2.05, 4.69) is 12.2 Å². The van der Waals surface area contributed by atoms with Gasteiger partial charge in [-0.1, -0.05) is 6.92 Å². The highest BCUT2D eigenvalue weighted by molar-refractivity contribution is 5.75. The van der Waals surface area contributed by atoms with Crippen molar-refractivity contribution in [1.82, 2.24) is 10.2 Å². The van der Waals surface area contributed by atoms with Crippen LogP contribution in [0.25, 0.3) is 0 Å². The Kier molecular flexibility index (Phi) is 3.05. The molecule has 1 amide bonds. The molecule has 4 heteroatoms. The zero-order valence-electron chi connectivity index (χ0n) is 7.71. The number of amides is 1. The first kappa shape index (κ1) is 9.48. The zero-order valence-corrected chi connectivity index (χ0v) is 7.71. The van der Waals surface area contributed by atoms with Gasteiger partial charge < -0.3 is 11.1 Å². The molecule has 1 heterocycles. The number of carbonyl (C=O) groups excluding carboxylic acids is 1. The molecule has 1 rings (SSSR count). The van der Waals surface area contributed by atoms with Gasteiger partial charge in [0, 0.05) is 12.6 Å². The van der Waals surface area contributed by atoms with Crippen LogP contribution in [0.2, 0.25) is 0 Å². The van der Waals surface area contributed by atoms with Crippen LogP contribution in [0.5, 0.6) is 0 Å².